The Morgan fingerprint density at radius 2 is 2.24 bits per heavy atom. The first-order valence-electron chi connectivity index (χ1n) is 4.67. The average Bonchev–Trinajstić information content (AvgIpc) is 2.94. The number of nitrogens with zero attached hydrogens (tertiary/aromatic N) is 1. The Morgan fingerprint density at radius 3 is 2.88 bits per heavy atom. The zero-order valence-corrected chi connectivity index (χ0v) is 8.54. The van der Waals surface area contributed by atoms with Crippen LogP contribution in [0.5, 0.6) is 0 Å². The molecule has 2 N–H and O–H groups in total. The third kappa shape index (κ3) is 2.51. The summed E-state index contributed by atoms with van der Waals surface area (Å²) in [6.07, 6.45) is 1.46. The maximum Gasteiger partial charge on any atom is 0.322 e. The van der Waals surface area contributed by atoms with Crippen LogP contribution in [0.1, 0.15) is 10.5 Å². The minimum absolute atomic E-state index is 0.00218. The average molecular weight is 236 g/mol. The number of furan rings is 1. The van der Waals surface area contributed by atoms with Gasteiger partial charge in [-0.3, -0.25) is 9.59 Å². The van der Waals surface area contributed by atoms with E-state index in [0.717, 1.165) is 0 Å². The first kappa shape index (κ1) is 10.9. The number of amides is 1. The van der Waals surface area contributed by atoms with Crippen molar-refractivity contribution >= 4 is 11.9 Å². The first-order valence-corrected chi connectivity index (χ1v) is 4.67. The molecule has 0 aliphatic carbocycles. The summed E-state index contributed by atoms with van der Waals surface area (Å²) in [5.41, 5.74) is -0.00218. The molecule has 0 radical (unpaired) electrons. The lowest BCUT2D eigenvalue weighted by molar-refractivity contribution is -0.135. The van der Waals surface area contributed by atoms with Crippen LogP contribution in [0.15, 0.2) is 33.4 Å². The summed E-state index contributed by atoms with van der Waals surface area (Å²) in [6.45, 7) is -0.470. The SMILES string of the molecule is O=C(O)CNC(=O)c1cc(-c2ccco2)on1. The maximum absolute atomic E-state index is 11.4. The molecule has 0 aliphatic rings. The van der Waals surface area contributed by atoms with Crippen LogP contribution in [0, 0.1) is 0 Å². The van der Waals surface area contributed by atoms with Crippen LogP contribution in [-0.2, 0) is 4.79 Å². The lowest BCUT2D eigenvalue weighted by Gasteiger charge is -1.96. The summed E-state index contributed by atoms with van der Waals surface area (Å²) in [5, 5.41) is 14.1. The standard InChI is InChI=1S/C10H8N2O5/c13-9(14)5-11-10(15)6-4-8(17-12-6)7-2-1-3-16-7/h1-4H,5H2,(H,11,15)(H,13,14). The van der Waals surface area contributed by atoms with Gasteiger partial charge in [-0.25, -0.2) is 0 Å². The highest BCUT2D eigenvalue weighted by Gasteiger charge is 2.15. The number of hydrogen-bond donors (Lipinski definition) is 2. The molecular formula is C10H8N2O5. The fraction of sp³-hybridized carbons (Fsp3) is 0.100. The molecular weight excluding hydrogens is 228 g/mol. The number of aliphatic carboxylic acids is 1. The van der Waals surface area contributed by atoms with Crippen molar-refractivity contribution < 1.29 is 23.6 Å². The highest BCUT2D eigenvalue weighted by molar-refractivity contribution is 5.94. The van der Waals surface area contributed by atoms with Gasteiger partial charge < -0.3 is 19.4 Å². The number of hydrogen-bond acceptors (Lipinski definition) is 5. The van der Waals surface area contributed by atoms with E-state index in [1.165, 1.54) is 12.3 Å². The number of carboxylic acids is 1. The van der Waals surface area contributed by atoms with Crippen molar-refractivity contribution in [3.8, 4) is 11.5 Å². The topological polar surface area (TPSA) is 106 Å². The van der Waals surface area contributed by atoms with Gasteiger partial charge in [-0.1, -0.05) is 5.16 Å². The van der Waals surface area contributed by atoms with Gasteiger partial charge in [0.2, 0.25) is 5.76 Å². The van der Waals surface area contributed by atoms with Gasteiger partial charge in [0, 0.05) is 6.07 Å². The number of carbonyl (C=O) groups excluding carboxylic acids is 1. The van der Waals surface area contributed by atoms with Crippen LogP contribution in [0.2, 0.25) is 0 Å². The van der Waals surface area contributed by atoms with E-state index in [-0.39, 0.29) is 5.69 Å². The number of aromatic nitrogens is 1. The van der Waals surface area contributed by atoms with Crippen LogP contribution in [0.4, 0.5) is 0 Å². The molecule has 0 atom stereocenters. The normalized spacial score (nSPS) is 10.1. The molecule has 0 saturated heterocycles. The Labute approximate surface area is 95.0 Å². The monoisotopic (exact) mass is 236 g/mol. The second-order valence-corrected chi connectivity index (χ2v) is 3.13. The van der Waals surface area contributed by atoms with Crippen LogP contribution < -0.4 is 5.32 Å². The quantitative estimate of drug-likeness (QED) is 0.811. The Balaban J connectivity index is 2.08. The summed E-state index contributed by atoms with van der Waals surface area (Å²) in [5.74, 6) is -1.01. The smallest absolute Gasteiger partial charge is 0.322 e. The van der Waals surface area contributed by atoms with E-state index in [2.05, 4.69) is 10.5 Å². The fourth-order valence-corrected chi connectivity index (χ4v) is 1.16. The van der Waals surface area contributed by atoms with Crippen LogP contribution in [-0.4, -0.2) is 28.7 Å². The molecule has 0 bridgehead atoms. The number of carbonyl (C=O) groups is 2. The molecule has 2 aromatic rings. The van der Waals surface area contributed by atoms with E-state index in [9.17, 15) is 9.59 Å². The Kier molecular flexibility index (Phi) is 2.91. The van der Waals surface area contributed by atoms with E-state index in [1.54, 1.807) is 12.1 Å². The third-order valence-electron chi connectivity index (χ3n) is 1.91. The Hall–Kier alpha value is -2.57. The lowest BCUT2D eigenvalue weighted by atomic mass is 10.3. The van der Waals surface area contributed by atoms with Gasteiger partial charge in [-0.05, 0) is 12.1 Å². The van der Waals surface area contributed by atoms with Crippen molar-refractivity contribution in [1.29, 1.82) is 0 Å². The van der Waals surface area contributed by atoms with Crippen molar-refractivity contribution in [2.75, 3.05) is 6.54 Å². The van der Waals surface area contributed by atoms with Gasteiger partial charge in [0.1, 0.15) is 6.54 Å². The molecule has 2 heterocycles. The van der Waals surface area contributed by atoms with Crippen LogP contribution in [0.25, 0.3) is 11.5 Å². The second kappa shape index (κ2) is 4.52. The summed E-state index contributed by atoms with van der Waals surface area (Å²) in [4.78, 5) is 21.7. The molecule has 88 valence electrons. The van der Waals surface area contributed by atoms with Gasteiger partial charge in [0.25, 0.3) is 5.91 Å². The summed E-state index contributed by atoms with van der Waals surface area (Å²) < 4.78 is 9.94. The molecule has 0 spiro atoms. The summed E-state index contributed by atoms with van der Waals surface area (Å²) in [6, 6.07) is 4.69. The summed E-state index contributed by atoms with van der Waals surface area (Å²) >= 11 is 0. The predicted molar refractivity (Wildman–Crippen MR) is 54.2 cm³/mol. The largest absolute Gasteiger partial charge is 0.480 e. The van der Waals surface area contributed by atoms with Crippen molar-refractivity contribution in [3.05, 3.63) is 30.2 Å². The maximum atomic E-state index is 11.4. The molecule has 0 aromatic carbocycles. The third-order valence-corrected chi connectivity index (χ3v) is 1.91. The first-order chi connectivity index (χ1) is 8.16. The van der Waals surface area contributed by atoms with Crippen molar-refractivity contribution in [2.45, 2.75) is 0 Å². The van der Waals surface area contributed by atoms with Crippen LogP contribution in [0.3, 0.4) is 0 Å². The fourth-order valence-electron chi connectivity index (χ4n) is 1.16. The Bertz CT molecular complexity index is 529. The highest BCUT2D eigenvalue weighted by atomic mass is 16.5. The zero-order chi connectivity index (χ0) is 12.3. The van der Waals surface area contributed by atoms with Gasteiger partial charge in [-0.2, -0.15) is 0 Å². The molecule has 2 aromatic heterocycles. The second-order valence-electron chi connectivity index (χ2n) is 3.13. The van der Waals surface area contributed by atoms with Gasteiger partial charge in [0.05, 0.1) is 6.26 Å². The molecule has 2 rings (SSSR count). The van der Waals surface area contributed by atoms with E-state index >= 15 is 0 Å². The number of carboxylic acid groups (broad SMARTS) is 1. The Morgan fingerprint density at radius 1 is 1.41 bits per heavy atom. The molecule has 7 heteroatoms. The van der Waals surface area contributed by atoms with Gasteiger partial charge in [-0.15, -0.1) is 0 Å². The molecule has 0 aliphatic heterocycles. The van der Waals surface area contributed by atoms with Gasteiger partial charge >= 0.3 is 5.97 Å². The zero-order valence-electron chi connectivity index (χ0n) is 8.54. The minimum atomic E-state index is -1.13. The molecule has 0 unspecified atom stereocenters. The van der Waals surface area contributed by atoms with Crippen molar-refractivity contribution in [1.82, 2.24) is 10.5 Å². The molecule has 1 amide bonds. The molecule has 0 saturated carbocycles. The van der Waals surface area contributed by atoms with Crippen molar-refractivity contribution in [2.24, 2.45) is 0 Å². The molecule has 7 nitrogen and oxygen atoms in total. The number of rotatable bonds is 4. The minimum Gasteiger partial charge on any atom is -0.480 e. The highest BCUT2D eigenvalue weighted by Crippen LogP contribution is 2.20. The van der Waals surface area contributed by atoms with Gasteiger partial charge in [0.15, 0.2) is 11.5 Å². The number of nitrogens with one attached hydrogen (secondary N) is 1. The van der Waals surface area contributed by atoms with E-state index in [1.807, 2.05) is 0 Å². The van der Waals surface area contributed by atoms with E-state index < -0.39 is 18.4 Å². The van der Waals surface area contributed by atoms with Crippen LogP contribution >= 0.6 is 0 Å². The van der Waals surface area contributed by atoms with E-state index in [4.69, 9.17) is 14.0 Å². The van der Waals surface area contributed by atoms with E-state index in [0.29, 0.717) is 11.5 Å². The predicted octanol–water partition coefficient (Wildman–Crippen LogP) is 0.749. The lowest BCUT2D eigenvalue weighted by Crippen LogP contribution is -2.29. The molecule has 17 heavy (non-hydrogen) atoms. The molecule has 0 fully saturated rings. The summed E-state index contributed by atoms with van der Waals surface area (Å²) in [7, 11) is 0. The van der Waals surface area contributed by atoms with Crippen molar-refractivity contribution in [3.63, 3.8) is 0 Å².